The van der Waals surface area contributed by atoms with Gasteiger partial charge in [0.2, 0.25) is 5.91 Å². The monoisotopic (exact) mass is 318 g/mol. The van der Waals surface area contributed by atoms with Crippen molar-refractivity contribution < 1.29 is 14.4 Å². The van der Waals surface area contributed by atoms with E-state index in [1.165, 1.54) is 0 Å². The maximum Gasteiger partial charge on any atom is 0.312 e. The van der Waals surface area contributed by atoms with E-state index in [-0.39, 0.29) is 17.7 Å². The molecule has 0 aliphatic carbocycles. The van der Waals surface area contributed by atoms with Crippen molar-refractivity contribution in [1.29, 1.82) is 0 Å². The average molecular weight is 318 g/mol. The fraction of sp³-hybridized carbons (Fsp3) is 0.438. The number of rotatable bonds is 4. The highest BCUT2D eigenvalue weighted by molar-refractivity contribution is 5.94. The van der Waals surface area contributed by atoms with E-state index in [2.05, 4.69) is 10.6 Å². The van der Waals surface area contributed by atoms with Crippen LogP contribution in [0.2, 0.25) is 0 Å². The Kier molecular flexibility index (Phi) is 5.56. The first-order valence-corrected chi connectivity index (χ1v) is 7.64. The highest BCUT2D eigenvalue weighted by Gasteiger charge is 2.28. The van der Waals surface area contributed by atoms with E-state index in [0.717, 1.165) is 18.4 Å². The van der Waals surface area contributed by atoms with Gasteiger partial charge in [-0.1, -0.05) is 12.1 Å². The van der Waals surface area contributed by atoms with E-state index in [9.17, 15) is 14.4 Å². The lowest BCUT2D eigenvalue weighted by atomic mass is 9.96. The molecule has 1 fully saturated rings. The number of urea groups is 1. The van der Waals surface area contributed by atoms with Crippen LogP contribution in [0, 0.1) is 5.92 Å². The first-order chi connectivity index (χ1) is 11.0. The minimum atomic E-state index is -0.585. The van der Waals surface area contributed by atoms with Crippen molar-refractivity contribution in [3.05, 3.63) is 35.4 Å². The Morgan fingerprint density at radius 1 is 1.26 bits per heavy atom. The second-order valence-corrected chi connectivity index (χ2v) is 5.62. The minimum absolute atomic E-state index is 0.0182. The van der Waals surface area contributed by atoms with Gasteiger partial charge < -0.3 is 21.3 Å². The molecule has 1 aliphatic rings. The summed E-state index contributed by atoms with van der Waals surface area (Å²) in [6.45, 7) is 1.44. The lowest BCUT2D eigenvalue weighted by Crippen LogP contribution is -2.44. The number of piperidine rings is 1. The highest BCUT2D eigenvalue weighted by atomic mass is 16.2. The zero-order chi connectivity index (χ0) is 16.8. The summed E-state index contributed by atoms with van der Waals surface area (Å²) in [6, 6.07) is 6.43. The third-order valence-corrected chi connectivity index (χ3v) is 3.99. The Hall–Kier alpha value is -2.57. The van der Waals surface area contributed by atoms with E-state index >= 15 is 0 Å². The minimum Gasteiger partial charge on any atom is -0.359 e. The molecular formula is C16H22N4O3. The number of likely N-dealkylation sites (tertiary alicyclic amines) is 1. The van der Waals surface area contributed by atoms with Crippen molar-refractivity contribution in [3.8, 4) is 0 Å². The van der Waals surface area contributed by atoms with Gasteiger partial charge >= 0.3 is 6.03 Å². The molecule has 1 unspecified atom stereocenters. The second-order valence-electron chi connectivity index (χ2n) is 5.62. The smallest absolute Gasteiger partial charge is 0.312 e. The summed E-state index contributed by atoms with van der Waals surface area (Å²) in [7, 11) is 1.61. The van der Waals surface area contributed by atoms with Crippen molar-refractivity contribution in [2.45, 2.75) is 19.4 Å². The quantitative estimate of drug-likeness (QED) is 0.751. The van der Waals surface area contributed by atoms with Gasteiger partial charge in [0.25, 0.3) is 5.91 Å². The predicted octanol–water partition coefficient (Wildman–Crippen LogP) is 0.453. The molecule has 2 rings (SSSR count). The van der Waals surface area contributed by atoms with E-state index in [0.29, 0.717) is 25.2 Å². The first kappa shape index (κ1) is 16.8. The molecular weight excluding hydrogens is 296 g/mol. The van der Waals surface area contributed by atoms with E-state index in [4.69, 9.17) is 5.73 Å². The maximum atomic E-state index is 12.5. The lowest BCUT2D eigenvalue weighted by molar-refractivity contribution is -0.125. The number of hydrogen-bond acceptors (Lipinski definition) is 3. The fourth-order valence-electron chi connectivity index (χ4n) is 2.72. The van der Waals surface area contributed by atoms with Crippen LogP contribution in [0.1, 0.15) is 28.8 Å². The summed E-state index contributed by atoms with van der Waals surface area (Å²) in [5, 5.41) is 5.14. The molecule has 124 valence electrons. The van der Waals surface area contributed by atoms with Crippen molar-refractivity contribution in [1.82, 2.24) is 15.5 Å². The van der Waals surface area contributed by atoms with Crippen LogP contribution < -0.4 is 16.4 Å². The van der Waals surface area contributed by atoms with Crippen LogP contribution in [0.15, 0.2) is 24.3 Å². The van der Waals surface area contributed by atoms with Crippen molar-refractivity contribution >= 4 is 17.8 Å². The molecule has 1 aromatic rings. The van der Waals surface area contributed by atoms with Gasteiger partial charge in [-0.05, 0) is 30.5 Å². The van der Waals surface area contributed by atoms with Crippen LogP contribution in [0.5, 0.6) is 0 Å². The number of amides is 4. The van der Waals surface area contributed by atoms with E-state index < -0.39 is 6.03 Å². The van der Waals surface area contributed by atoms with Crippen LogP contribution >= 0.6 is 0 Å². The van der Waals surface area contributed by atoms with Crippen molar-refractivity contribution in [3.63, 3.8) is 0 Å². The van der Waals surface area contributed by atoms with Crippen LogP contribution in [-0.4, -0.2) is 42.9 Å². The lowest BCUT2D eigenvalue weighted by Gasteiger charge is -2.31. The SMILES string of the molecule is CNC(=O)C1CCCN(C(=O)c2ccc(CNC(N)=O)cc2)C1. The van der Waals surface area contributed by atoms with Gasteiger partial charge in [0.1, 0.15) is 0 Å². The summed E-state index contributed by atoms with van der Waals surface area (Å²) >= 11 is 0. The van der Waals surface area contributed by atoms with Crippen LogP contribution in [0.25, 0.3) is 0 Å². The molecule has 1 saturated heterocycles. The van der Waals surface area contributed by atoms with Crippen molar-refractivity contribution in [2.24, 2.45) is 11.7 Å². The Labute approximate surface area is 135 Å². The molecule has 0 saturated carbocycles. The Bertz CT molecular complexity index is 585. The topological polar surface area (TPSA) is 105 Å². The molecule has 1 atom stereocenters. The number of primary amides is 1. The molecule has 1 aromatic carbocycles. The zero-order valence-corrected chi connectivity index (χ0v) is 13.2. The summed E-state index contributed by atoms with van der Waals surface area (Å²) in [5.74, 6) is -0.236. The maximum absolute atomic E-state index is 12.5. The van der Waals surface area contributed by atoms with Gasteiger partial charge in [-0.3, -0.25) is 9.59 Å². The number of benzene rings is 1. The Balaban J connectivity index is 1.99. The first-order valence-electron chi connectivity index (χ1n) is 7.64. The standard InChI is InChI=1S/C16H22N4O3/c1-18-14(21)13-3-2-8-20(10-13)15(22)12-6-4-11(5-7-12)9-19-16(17)23/h4-7,13H,2-3,8-10H2,1H3,(H,18,21)(H3,17,19,23). The fourth-order valence-corrected chi connectivity index (χ4v) is 2.72. The molecule has 7 heteroatoms. The van der Waals surface area contributed by atoms with Crippen LogP contribution in [-0.2, 0) is 11.3 Å². The van der Waals surface area contributed by atoms with Crippen LogP contribution in [0.3, 0.4) is 0 Å². The van der Waals surface area contributed by atoms with Crippen LogP contribution in [0.4, 0.5) is 4.79 Å². The number of carbonyl (C=O) groups excluding carboxylic acids is 3. The summed E-state index contributed by atoms with van der Waals surface area (Å²) < 4.78 is 0. The molecule has 0 bridgehead atoms. The average Bonchev–Trinajstić information content (AvgIpc) is 2.59. The van der Waals surface area contributed by atoms with E-state index in [1.54, 1.807) is 36.2 Å². The van der Waals surface area contributed by atoms with Gasteiger partial charge in [-0.25, -0.2) is 4.79 Å². The third-order valence-electron chi connectivity index (χ3n) is 3.99. The number of carbonyl (C=O) groups is 3. The molecule has 4 N–H and O–H groups in total. The molecule has 23 heavy (non-hydrogen) atoms. The summed E-state index contributed by atoms with van der Waals surface area (Å²) in [5.41, 5.74) is 6.46. The van der Waals surface area contributed by atoms with Gasteiger partial charge in [-0.15, -0.1) is 0 Å². The van der Waals surface area contributed by atoms with Gasteiger partial charge in [-0.2, -0.15) is 0 Å². The second kappa shape index (κ2) is 7.62. The Morgan fingerprint density at radius 2 is 1.96 bits per heavy atom. The predicted molar refractivity (Wildman–Crippen MR) is 85.6 cm³/mol. The zero-order valence-electron chi connectivity index (χ0n) is 13.2. The molecule has 7 nitrogen and oxygen atoms in total. The normalized spacial score (nSPS) is 17.4. The van der Waals surface area contributed by atoms with Gasteiger partial charge in [0.05, 0.1) is 5.92 Å². The number of hydrogen-bond donors (Lipinski definition) is 3. The molecule has 0 radical (unpaired) electrons. The number of nitrogens with zero attached hydrogens (tertiary/aromatic N) is 1. The third kappa shape index (κ3) is 4.45. The largest absolute Gasteiger partial charge is 0.359 e. The molecule has 0 spiro atoms. The van der Waals surface area contributed by atoms with E-state index in [1.807, 2.05) is 0 Å². The molecule has 4 amide bonds. The number of nitrogens with two attached hydrogens (primary N) is 1. The summed E-state index contributed by atoms with van der Waals surface area (Å²) in [4.78, 5) is 36.7. The van der Waals surface area contributed by atoms with Gasteiger partial charge in [0.15, 0.2) is 0 Å². The summed E-state index contributed by atoms with van der Waals surface area (Å²) in [6.07, 6.45) is 1.63. The van der Waals surface area contributed by atoms with Crippen molar-refractivity contribution in [2.75, 3.05) is 20.1 Å². The molecule has 1 heterocycles. The van der Waals surface area contributed by atoms with Gasteiger partial charge in [0, 0.05) is 32.2 Å². The molecule has 1 aliphatic heterocycles. The molecule has 0 aromatic heterocycles. The Morgan fingerprint density at radius 3 is 2.57 bits per heavy atom. The highest BCUT2D eigenvalue weighted by Crippen LogP contribution is 2.19. The number of nitrogens with one attached hydrogen (secondary N) is 2.